The number of benzene rings is 1. The summed E-state index contributed by atoms with van der Waals surface area (Å²) in [7, 11) is 0. The molecule has 0 heterocycles. The van der Waals surface area contributed by atoms with E-state index in [2.05, 4.69) is 12.4 Å². The largest absolute Gasteiger partial charge is 0.500 e. The second-order valence-electron chi connectivity index (χ2n) is 5.92. The lowest BCUT2D eigenvalue weighted by Crippen LogP contribution is -2.08. The molecule has 0 unspecified atom stereocenters. The molecule has 0 saturated carbocycles. The van der Waals surface area contributed by atoms with Crippen LogP contribution in [0.15, 0.2) is 35.2 Å². The summed E-state index contributed by atoms with van der Waals surface area (Å²) in [5, 5.41) is 0.767. The molecule has 1 aromatic rings. The Balaban J connectivity index is 2.16. The van der Waals surface area contributed by atoms with Gasteiger partial charge in [-0.05, 0) is 31.8 Å². The smallest absolute Gasteiger partial charge is 0.156 e. The van der Waals surface area contributed by atoms with Crippen LogP contribution in [-0.2, 0) is 9.57 Å². The van der Waals surface area contributed by atoms with E-state index in [9.17, 15) is 0 Å². The van der Waals surface area contributed by atoms with E-state index in [4.69, 9.17) is 65.5 Å². The first-order valence-electron chi connectivity index (χ1n) is 9.44. The van der Waals surface area contributed by atoms with Gasteiger partial charge in [0.2, 0.25) is 0 Å². The number of hydrogen-bond acceptors (Lipinski definition) is 5. The topological polar surface area (TPSA) is 49.0 Å². The van der Waals surface area contributed by atoms with Crippen LogP contribution in [0.3, 0.4) is 0 Å². The molecule has 0 fully saturated rings. The van der Waals surface area contributed by atoms with Crippen LogP contribution in [0.5, 0.6) is 11.5 Å². The maximum Gasteiger partial charge on any atom is 0.156 e. The molecule has 164 valence electrons. The molecule has 0 bridgehead atoms. The number of halogens is 4. The van der Waals surface area contributed by atoms with E-state index in [-0.39, 0.29) is 11.1 Å². The van der Waals surface area contributed by atoms with Gasteiger partial charge in [-0.2, -0.15) is 0 Å². The zero-order valence-electron chi connectivity index (χ0n) is 16.4. The van der Waals surface area contributed by atoms with Crippen molar-refractivity contribution >= 4 is 46.4 Å². The Labute approximate surface area is 192 Å². The molecular formula is C20H27Cl4NO4. The monoisotopic (exact) mass is 485 g/mol. The van der Waals surface area contributed by atoms with Crippen LogP contribution in [0.4, 0.5) is 0 Å². The molecule has 5 nitrogen and oxygen atoms in total. The van der Waals surface area contributed by atoms with Crippen molar-refractivity contribution in [2.75, 3.05) is 26.4 Å². The molecule has 0 aromatic heterocycles. The Morgan fingerprint density at radius 2 is 1.69 bits per heavy atom. The van der Waals surface area contributed by atoms with E-state index in [1.165, 1.54) is 6.08 Å². The predicted octanol–water partition coefficient (Wildman–Crippen LogP) is 7.05. The molecule has 1 N–H and O–H groups in total. The lowest BCUT2D eigenvalue weighted by atomic mass is 10.2. The summed E-state index contributed by atoms with van der Waals surface area (Å²) in [6.07, 6.45) is 9.60. The third-order valence-corrected chi connectivity index (χ3v) is 4.40. The molecular weight excluding hydrogens is 460 g/mol. The highest BCUT2D eigenvalue weighted by molar-refractivity contribution is 6.55. The zero-order valence-corrected chi connectivity index (χ0v) is 19.4. The molecule has 1 aromatic carbocycles. The van der Waals surface area contributed by atoms with Crippen molar-refractivity contribution in [3.63, 3.8) is 0 Å². The van der Waals surface area contributed by atoms with E-state index in [0.717, 1.165) is 38.7 Å². The first kappa shape index (κ1) is 26.1. The molecule has 9 heteroatoms. The van der Waals surface area contributed by atoms with Crippen molar-refractivity contribution in [2.45, 2.75) is 39.0 Å². The maximum absolute atomic E-state index is 6.23. The van der Waals surface area contributed by atoms with E-state index in [0.29, 0.717) is 34.8 Å². The average Bonchev–Trinajstić information content (AvgIpc) is 2.67. The van der Waals surface area contributed by atoms with Crippen LogP contribution in [0.2, 0.25) is 10.0 Å². The summed E-state index contributed by atoms with van der Waals surface area (Å²) < 4.78 is 16.5. The summed E-state index contributed by atoms with van der Waals surface area (Å²) >= 11 is 23.5. The van der Waals surface area contributed by atoms with Crippen molar-refractivity contribution in [3.05, 3.63) is 45.2 Å². The van der Waals surface area contributed by atoms with Crippen LogP contribution in [0.1, 0.15) is 39.0 Å². The molecule has 0 aliphatic carbocycles. The number of unbranched alkanes of at least 4 members (excludes halogenated alkanes) is 3. The highest BCUT2D eigenvalue weighted by Gasteiger charge is 2.10. The lowest BCUT2D eigenvalue weighted by molar-refractivity contribution is 0.0650. The van der Waals surface area contributed by atoms with Gasteiger partial charge in [0, 0.05) is 12.1 Å². The fourth-order valence-electron chi connectivity index (χ4n) is 2.06. The van der Waals surface area contributed by atoms with Crippen molar-refractivity contribution < 1.29 is 19.0 Å². The summed E-state index contributed by atoms with van der Waals surface area (Å²) in [6, 6.07) is 3.27. The molecule has 0 atom stereocenters. The fraction of sp³-hybridized carbons (Fsp3) is 0.500. The third kappa shape index (κ3) is 13.0. The van der Waals surface area contributed by atoms with Crippen LogP contribution in [0, 0.1) is 0 Å². The maximum atomic E-state index is 6.23. The molecule has 29 heavy (non-hydrogen) atoms. The Bertz CT molecular complexity index is 614. The van der Waals surface area contributed by atoms with E-state index in [1.54, 1.807) is 24.6 Å². The highest BCUT2D eigenvalue weighted by Crippen LogP contribution is 2.37. The first-order valence-corrected chi connectivity index (χ1v) is 11.0. The van der Waals surface area contributed by atoms with Crippen LogP contribution in [0.25, 0.3) is 0 Å². The van der Waals surface area contributed by atoms with Gasteiger partial charge in [-0.3, -0.25) is 10.3 Å². The van der Waals surface area contributed by atoms with Gasteiger partial charge in [-0.15, -0.1) is 0 Å². The Kier molecular flexibility index (Phi) is 15.1. The minimum absolute atomic E-state index is 0.135. The second kappa shape index (κ2) is 16.8. The van der Waals surface area contributed by atoms with Crippen LogP contribution < -0.4 is 15.0 Å². The van der Waals surface area contributed by atoms with Gasteiger partial charge < -0.3 is 14.2 Å². The van der Waals surface area contributed by atoms with Gasteiger partial charge >= 0.3 is 0 Å². The molecule has 0 radical (unpaired) electrons. The number of rotatable bonds is 16. The van der Waals surface area contributed by atoms with Gasteiger partial charge in [0.1, 0.15) is 23.1 Å². The summed E-state index contributed by atoms with van der Waals surface area (Å²) in [4.78, 5) is 5.27. The number of hydroxylamine groups is 1. The van der Waals surface area contributed by atoms with E-state index < -0.39 is 0 Å². The van der Waals surface area contributed by atoms with Gasteiger partial charge in [-0.1, -0.05) is 59.7 Å². The van der Waals surface area contributed by atoms with Crippen LogP contribution in [-0.4, -0.2) is 26.4 Å². The average molecular weight is 487 g/mol. The van der Waals surface area contributed by atoms with Crippen molar-refractivity contribution in [2.24, 2.45) is 0 Å². The number of ether oxygens (including phenoxy) is 3. The minimum Gasteiger partial charge on any atom is -0.500 e. The summed E-state index contributed by atoms with van der Waals surface area (Å²) in [5.41, 5.74) is 2.72. The molecule has 0 amide bonds. The van der Waals surface area contributed by atoms with Crippen LogP contribution >= 0.6 is 46.4 Å². The van der Waals surface area contributed by atoms with Crippen molar-refractivity contribution in [1.29, 1.82) is 0 Å². The molecule has 0 spiro atoms. The Morgan fingerprint density at radius 3 is 2.38 bits per heavy atom. The van der Waals surface area contributed by atoms with Gasteiger partial charge in [0.05, 0.1) is 36.1 Å². The van der Waals surface area contributed by atoms with Gasteiger partial charge in [0.15, 0.2) is 5.75 Å². The second-order valence-corrected chi connectivity index (χ2v) is 7.75. The lowest BCUT2D eigenvalue weighted by Gasteiger charge is -2.12. The first-order chi connectivity index (χ1) is 14.0. The normalized spacial score (nSPS) is 10.8. The zero-order chi connectivity index (χ0) is 21.3. The molecule has 1 rings (SSSR count). The highest BCUT2D eigenvalue weighted by atomic mass is 35.5. The molecule has 0 saturated heterocycles. The standard InChI is InChI=1S/C20H27Cl4NO4/c1-2-3-9-26-13-8-25-29-11-6-4-5-10-28-20-17(21)14-16(15-18(20)22)27-12-7-19(23)24/h7-8,13-15,25H,2-6,9-12H2,1H3. The SMILES string of the molecule is CCCCOC=CNOCCCCCOc1c(Cl)cc(OCC=C(Cl)Cl)cc1Cl. The molecule has 0 aliphatic heterocycles. The number of nitrogens with one attached hydrogen (secondary N) is 1. The summed E-state index contributed by atoms with van der Waals surface area (Å²) in [6.45, 7) is 4.15. The number of hydrogen-bond donors (Lipinski definition) is 1. The Hall–Kier alpha value is -0.980. The fourth-order valence-corrected chi connectivity index (χ4v) is 2.77. The van der Waals surface area contributed by atoms with Crippen molar-refractivity contribution in [3.8, 4) is 11.5 Å². The van der Waals surface area contributed by atoms with Crippen molar-refractivity contribution in [1.82, 2.24) is 5.48 Å². The predicted molar refractivity (Wildman–Crippen MR) is 120 cm³/mol. The quantitative estimate of drug-likeness (QED) is 0.154. The van der Waals surface area contributed by atoms with E-state index in [1.807, 2.05) is 0 Å². The summed E-state index contributed by atoms with van der Waals surface area (Å²) in [5.74, 6) is 0.949. The van der Waals surface area contributed by atoms with E-state index >= 15 is 0 Å². The molecule has 0 aliphatic rings. The van der Waals surface area contributed by atoms with Gasteiger partial charge in [0.25, 0.3) is 0 Å². The third-order valence-electron chi connectivity index (χ3n) is 3.53. The minimum atomic E-state index is 0.135. The van der Waals surface area contributed by atoms with Gasteiger partial charge in [-0.25, -0.2) is 0 Å². The Morgan fingerprint density at radius 1 is 0.966 bits per heavy atom.